The average Bonchev–Trinajstić information content (AvgIpc) is 3.01. The quantitative estimate of drug-likeness (QED) is 0.754. The average molecular weight is 445 g/mol. The van der Waals surface area contributed by atoms with Crippen molar-refractivity contribution in [3.63, 3.8) is 0 Å². The zero-order chi connectivity index (χ0) is 19.9. The maximum absolute atomic E-state index is 12.3. The van der Waals surface area contributed by atoms with Crippen LogP contribution in [0, 0.1) is 0 Å². The molecular formula is C21H25BrN4O2. The molecule has 1 atom stereocenters. The van der Waals surface area contributed by atoms with Crippen LogP contribution in [0.15, 0.2) is 28.9 Å². The Morgan fingerprint density at radius 3 is 2.82 bits per heavy atom. The summed E-state index contributed by atoms with van der Waals surface area (Å²) < 4.78 is 6.59. The van der Waals surface area contributed by atoms with Crippen molar-refractivity contribution in [2.75, 3.05) is 11.9 Å². The fraction of sp³-hybridized carbons (Fsp3) is 0.476. The monoisotopic (exact) mass is 444 g/mol. The van der Waals surface area contributed by atoms with E-state index in [2.05, 4.69) is 44.4 Å². The van der Waals surface area contributed by atoms with Gasteiger partial charge in [-0.25, -0.2) is 14.8 Å². The Kier molecular flexibility index (Phi) is 5.04. The largest absolute Gasteiger partial charge is 0.444 e. The van der Waals surface area contributed by atoms with Gasteiger partial charge in [0.2, 0.25) is 5.95 Å². The van der Waals surface area contributed by atoms with E-state index in [1.165, 1.54) is 11.1 Å². The Morgan fingerprint density at radius 2 is 2.04 bits per heavy atom. The van der Waals surface area contributed by atoms with Gasteiger partial charge in [0, 0.05) is 35.2 Å². The number of nitrogens with one attached hydrogen (secondary N) is 1. The van der Waals surface area contributed by atoms with Crippen LogP contribution in [0.4, 0.5) is 10.7 Å². The Hall–Kier alpha value is -2.15. The van der Waals surface area contributed by atoms with E-state index in [0.29, 0.717) is 31.5 Å². The fourth-order valence-corrected chi connectivity index (χ4v) is 4.15. The molecule has 1 aromatic carbocycles. The van der Waals surface area contributed by atoms with Crippen LogP contribution in [-0.4, -0.2) is 39.1 Å². The Morgan fingerprint density at radius 1 is 1.25 bits per heavy atom. The predicted octanol–water partition coefficient (Wildman–Crippen LogP) is 4.11. The van der Waals surface area contributed by atoms with E-state index in [0.717, 1.165) is 28.6 Å². The maximum Gasteiger partial charge on any atom is 0.410 e. The molecule has 148 valence electrons. The second-order valence-corrected chi connectivity index (χ2v) is 9.40. The Balaban J connectivity index is 1.40. The van der Waals surface area contributed by atoms with Crippen molar-refractivity contribution in [2.45, 2.75) is 58.2 Å². The molecule has 6 nitrogen and oxygen atoms in total. The van der Waals surface area contributed by atoms with E-state index in [1.54, 1.807) is 4.90 Å². The number of fused-ring (bicyclic) bond motifs is 2. The first-order valence-electron chi connectivity index (χ1n) is 9.63. The molecule has 2 aromatic rings. The number of rotatable bonds is 2. The number of nitrogens with zero attached hydrogens (tertiary/aromatic N) is 3. The first-order chi connectivity index (χ1) is 13.3. The molecule has 1 aromatic heterocycles. The predicted molar refractivity (Wildman–Crippen MR) is 111 cm³/mol. The number of carbonyl (C=O) groups is 1. The van der Waals surface area contributed by atoms with Gasteiger partial charge < -0.3 is 15.0 Å². The van der Waals surface area contributed by atoms with Crippen LogP contribution in [0.1, 0.15) is 43.2 Å². The number of halogens is 1. The lowest BCUT2D eigenvalue weighted by Gasteiger charge is -2.30. The van der Waals surface area contributed by atoms with Gasteiger partial charge in [0.15, 0.2) is 0 Å². The topological polar surface area (TPSA) is 67.3 Å². The molecule has 0 saturated carbocycles. The lowest BCUT2D eigenvalue weighted by atomic mass is 10.1. The summed E-state index contributed by atoms with van der Waals surface area (Å²) in [6.07, 6.45) is 4.22. The number of anilines is 1. The number of amides is 1. The lowest BCUT2D eigenvalue weighted by Crippen LogP contribution is -2.40. The highest BCUT2D eigenvalue weighted by molar-refractivity contribution is 9.10. The first-order valence-corrected chi connectivity index (χ1v) is 10.4. The van der Waals surface area contributed by atoms with E-state index in [9.17, 15) is 4.79 Å². The number of benzene rings is 1. The van der Waals surface area contributed by atoms with Crippen molar-refractivity contribution < 1.29 is 9.53 Å². The minimum Gasteiger partial charge on any atom is -0.444 e. The molecule has 1 aliphatic carbocycles. The zero-order valence-electron chi connectivity index (χ0n) is 16.5. The van der Waals surface area contributed by atoms with Crippen molar-refractivity contribution in [1.29, 1.82) is 0 Å². The van der Waals surface area contributed by atoms with Gasteiger partial charge in [-0.15, -0.1) is 0 Å². The molecule has 28 heavy (non-hydrogen) atoms. The number of ether oxygens (including phenoxy) is 1. The maximum atomic E-state index is 12.3. The summed E-state index contributed by atoms with van der Waals surface area (Å²) in [5, 5.41) is 3.48. The molecule has 0 radical (unpaired) electrons. The normalized spacial score (nSPS) is 18.4. The molecule has 1 aliphatic heterocycles. The van der Waals surface area contributed by atoms with Gasteiger partial charge >= 0.3 is 6.09 Å². The molecular weight excluding hydrogens is 420 g/mol. The summed E-state index contributed by atoms with van der Waals surface area (Å²) >= 11 is 3.54. The molecule has 1 unspecified atom stereocenters. The SMILES string of the molecule is CC(C)(C)OC(=O)N1CCc2nc(NC3Cc4ccc(Br)cc4C3)ncc2C1. The second-order valence-electron chi connectivity index (χ2n) is 8.48. The highest BCUT2D eigenvalue weighted by atomic mass is 79.9. The van der Waals surface area contributed by atoms with E-state index in [4.69, 9.17) is 9.72 Å². The van der Waals surface area contributed by atoms with Crippen LogP contribution < -0.4 is 5.32 Å². The minimum atomic E-state index is -0.490. The summed E-state index contributed by atoms with van der Waals surface area (Å²) in [7, 11) is 0. The van der Waals surface area contributed by atoms with Gasteiger partial charge in [-0.05, 0) is 56.9 Å². The summed E-state index contributed by atoms with van der Waals surface area (Å²) in [4.78, 5) is 23.2. The third kappa shape index (κ3) is 4.29. The zero-order valence-corrected chi connectivity index (χ0v) is 18.0. The summed E-state index contributed by atoms with van der Waals surface area (Å²) in [6.45, 7) is 6.74. The van der Waals surface area contributed by atoms with E-state index < -0.39 is 5.60 Å². The molecule has 0 fully saturated rings. The van der Waals surface area contributed by atoms with Gasteiger partial charge in [-0.2, -0.15) is 0 Å². The molecule has 7 heteroatoms. The van der Waals surface area contributed by atoms with Crippen molar-refractivity contribution >= 4 is 28.0 Å². The van der Waals surface area contributed by atoms with Crippen LogP contribution in [0.25, 0.3) is 0 Å². The fourth-order valence-electron chi connectivity index (χ4n) is 3.74. The van der Waals surface area contributed by atoms with Crippen molar-refractivity contribution in [3.05, 3.63) is 51.3 Å². The van der Waals surface area contributed by atoms with Crippen LogP contribution >= 0.6 is 15.9 Å². The van der Waals surface area contributed by atoms with E-state index in [-0.39, 0.29) is 6.09 Å². The Labute approximate surface area is 173 Å². The third-order valence-electron chi connectivity index (χ3n) is 5.02. The third-order valence-corrected chi connectivity index (χ3v) is 5.51. The highest BCUT2D eigenvalue weighted by Gasteiger charge is 2.27. The molecule has 0 saturated heterocycles. The highest BCUT2D eigenvalue weighted by Crippen LogP contribution is 2.27. The number of aromatic nitrogens is 2. The minimum absolute atomic E-state index is 0.282. The van der Waals surface area contributed by atoms with Crippen LogP contribution in [0.5, 0.6) is 0 Å². The molecule has 1 amide bonds. The summed E-state index contributed by atoms with van der Waals surface area (Å²) in [5.74, 6) is 0.668. The second kappa shape index (κ2) is 7.35. The van der Waals surface area contributed by atoms with Crippen LogP contribution in [0.3, 0.4) is 0 Å². The van der Waals surface area contributed by atoms with Gasteiger partial charge in [-0.1, -0.05) is 22.0 Å². The standard InChI is InChI=1S/C21H25BrN4O2/c1-21(2,3)28-20(27)26-7-6-18-15(12-26)11-23-19(25-18)24-17-9-13-4-5-16(22)8-14(13)10-17/h4-5,8,11,17H,6-7,9-10,12H2,1-3H3,(H,23,24,25). The van der Waals surface area contributed by atoms with Crippen LogP contribution in [0.2, 0.25) is 0 Å². The number of hydrogen-bond acceptors (Lipinski definition) is 5. The summed E-state index contributed by atoms with van der Waals surface area (Å²) in [5.41, 5.74) is 4.26. The molecule has 1 N–H and O–H groups in total. The van der Waals surface area contributed by atoms with E-state index >= 15 is 0 Å². The summed E-state index contributed by atoms with van der Waals surface area (Å²) in [6, 6.07) is 6.77. The van der Waals surface area contributed by atoms with Gasteiger partial charge in [0.1, 0.15) is 5.60 Å². The molecule has 2 heterocycles. The molecule has 2 aliphatic rings. The van der Waals surface area contributed by atoms with Crippen molar-refractivity contribution in [2.24, 2.45) is 0 Å². The Bertz CT molecular complexity index is 910. The van der Waals surface area contributed by atoms with Crippen molar-refractivity contribution in [3.8, 4) is 0 Å². The van der Waals surface area contributed by atoms with Crippen LogP contribution in [-0.2, 0) is 30.5 Å². The van der Waals surface area contributed by atoms with E-state index in [1.807, 2.05) is 27.0 Å². The van der Waals surface area contributed by atoms with Gasteiger partial charge in [0.05, 0.1) is 12.2 Å². The van der Waals surface area contributed by atoms with Crippen molar-refractivity contribution in [1.82, 2.24) is 14.9 Å². The molecule has 0 bridgehead atoms. The first kappa shape index (κ1) is 19.2. The number of carbonyl (C=O) groups excluding carboxylic acids is 1. The lowest BCUT2D eigenvalue weighted by molar-refractivity contribution is 0.0222. The number of hydrogen-bond donors (Lipinski definition) is 1. The van der Waals surface area contributed by atoms with Gasteiger partial charge in [-0.3, -0.25) is 0 Å². The molecule has 0 spiro atoms. The molecule has 4 rings (SSSR count). The smallest absolute Gasteiger partial charge is 0.410 e. The van der Waals surface area contributed by atoms with Gasteiger partial charge in [0.25, 0.3) is 0 Å².